The molecule has 0 bridgehead atoms. The fourth-order valence-electron chi connectivity index (χ4n) is 7.46. The van der Waals surface area contributed by atoms with Gasteiger partial charge in [0.2, 0.25) is 0 Å². The molecule has 0 heterocycles. The molecule has 6 heteroatoms. The predicted molar refractivity (Wildman–Crippen MR) is 238 cm³/mol. The molecule has 6 nitrogen and oxygen atoms in total. The SMILES string of the molecule is CCCCCCCCCCCCCC(=O)OC[C@@H](COC(=O)CCCCCCCCCCCCCCCC(C)C)OC(=O)CCCCCCCCCCC(C)C. The van der Waals surface area contributed by atoms with Crippen molar-refractivity contribution in [1.82, 2.24) is 0 Å². The summed E-state index contributed by atoms with van der Waals surface area (Å²) in [6.07, 6.45) is 42.3. The molecule has 56 heavy (non-hydrogen) atoms. The topological polar surface area (TPSA) is 78.9 Å². The van der Waals surface area contributed by atoms with Crippen molar-refractivity contribution in [2.75, 3.05) is 13.2 Å². The Hall–Kier alpha value is -1.59. The van der Waals surface area contributed by atoms with E-state index in [1.165, 1.54) is 161 Å². The average Bonchev–Trinajstić information content (AvgIpc) is 3.16. The van der Waals surface area contributed by atoms with Gasteiger partial charge in [0.1, 0.15) is 13.2 Å². The summed E-state index contributed by atoms with van der Waals surface area (Å²) < 4.78 is 16.8. The third-order valence-electron chi connectivity index (χ3n) is 11.2. The Balaban J connectivity index is 4.29. The molecule has 1 atom stereocenters. The Morgan fingerprint density at radius 3 is 0.875 bits per heavy atom. The van der Waals surface area contributed by atoms with Crippen molar-refractivity contribution in [2.45, 2.75) is 278 Å². The van der Waals surface area contributed by atoms with Crippen LogP contribution in [-0.4, -0.2) is 37.2 Å². The van der Waals surface area contributed by atoms with Crippen LogP contribution in [0.3, 0.4) is 0 Å². The van der Waals surface area contributed by atoms with Crippen LogP contribution in [0.15, 0.2) is 0 Å². The Bertz CT molecular complexity index is 854. The van der Waals surface area contributed by atoms with E-state index in [9.17, 15) is 14.4 Å². The highest BCUT2D eigenvalue weighted by Gasteiger charge is 2.19. The Morgan fingerprint density at radius 1 is 0.339 bits per heavy atom. The zero-order valence-corrected chi connectivity index (χ0v) is 38.3. The van der Waals surface area contributed by atoms with Crippen molar-refractivity contribution >= 4 is 17.9 Å². The molecule has 332 valence electrons. The van der Waals surface area contributed by atoms with Crippen molar-refractivity contribution in [3.8, 4) is 0 Å². The van der Waals surface area contributed by atoms with Crippen LogP contribution >= 0.6 is 0 Å². The van der Waals surface area contributed by atoms with Crippen LogP contribution in [0.2, 0.25) is 0 Å². The average molecular weight is 793 g/mol. The molecular formula is C50H96O6. The number of ether oxygens (including phenoxy) is 3. The number of rotatable bonds is 44. The number of carbonyl (C=O) groups excluding carboxylic acids is 3. The summed E-state index contributed by atoms with van der Waals surface area (Å²) in [5, 5.41) is 0. The highest BCUT2D eigenvalue weighted by Crippen LogP contribution is 2.17. The van der Waals surface area contributed by atoms with E-state index in [0.29, 0.717) is 19.3 Å². The summed E-state index contributed by atoms with van der Waals surface area (Å²) in [7, 11) is 0. The van der Waals surface area contributed by atoms with Crippen LogP contribution in [0.5, 0.6) is 0 Å². The first-order chi connectivity index (χ1) is 27.2. The van der Waals surface area contributed by atoms with E-state index in [-0.39, 0.29) is 31.1 Å². The summed E-state index contributed by atoms with van der Waals surface area (Å²) in [5.41, 5.74) is 0. The minimum absolute atomic E-state index is 0.0644. The molecule has 0 aliphatic carbocycles. The van der Waals surface area contributed by atoms with Crippen LogP contribution in [0.4, 0.5) is 0 Å². The Morgan fingerprint density at radius 2 is 0.589 bits per heavy atom. The molecule has 0 radical (unpaired) electrons. The minimum Gasteiger partial charge on any atom is -0.462 e. The van der Waals surface area contributed by atoms with Crippen LogP contribution in [0, 0.1) is 11.8 Å². The van der Waals surface area contributed by atoms with Gasteiger partial charge in [0, 0.05) is 19.3 Å². The van der Waals surface area contributed by atoms with E-state index in [2.05, 4.69) is 34.6 Å². The Labute approximate surface area is 348 Å². The van der Waals surface area contributed by atoms with Gasteiger partial charge in [0.05, 0.1) is 0 Å². The van der Waals surface area contributed by atoms with Crippen molar-refractivity contribution in [3.05, 3.63) is 0 Å². The summed E-state index contributed by atoms with van der Waals surface area (Å²) in [6, 6.07) is 0. The minimum atomic E-state index is -0.761. The van der Waals surface area contributed by atoms with Gasteiger partial charge in [-0.3, -0.25) is 14.4 Å². The third kappa shape index (κ3) is 43.5. The number of esters is 3. The van der Waals surface area contributed by atoms with Gasteiger partial charge < -0.3 is 14.2 Å². The molecule has 0 spiro atoms. The lowest BCUT2D eigenvalue weighted by molar-refractivity contribution is -0.167. The number of unbranched alkanes of at least 4 members (excludes halogenated alkanes) is 29. The third-order valence-corrected chi connectivity index (χ3v) is 11.2. The molecule has 0 unspecified atom stereocenters. The molecule has 0 amide bonds. The van der Waals surface area contributed by atoms with Gasteiger partial charge in [0.15, 0.2) is 6.10 Å². The van der Waals surface area contributed by atoms with Crippen LogP contribution < -0.4 is 0 Å². The fraction of sp³-hybridized carbons (Fsp3) is 0.940. The van der Waals surface area contributed by atoms with Crippen molar-refractivity contribution in [3.63, 3.8) is 0 Å². The van der Waals surface area contributed by atoms with Crippen LogP contribution in [0.25, 0.3) is 0 Å². The van der Waals surface area contributed by atoms with E-state index in [1.54, 1.807) is 0 Å². The van der Waals surface area contributed by atoms with Crippen LogP contribution in [0.1, 0.15) is 272 Å². The monoisotopic (exact) mass is 793 g/mol. The second-order valence-electron chi connectivity index (χ2n) is 18.1. The van der Waals surface area contributed by atoms with E-state index in [0.717, 1.165) is 69.6 Å². The van der Waals surface area contributed by atoms with Gasteiger partial charge in [-0.2, -0.15) is 0 Å². The zero-order chi connectivity index (χ0) is 41.2. The zero-order valence-electron chi connectivity index (χ0n) is 38.3. The van der Waals surface area contributed by atoms with E-state index in [1.807, 2.05) is 0 Å². The molecule has 0 N–H and O–H groups in total. The molecule has 0 aliphatic heterocycles. The highest BCUT2D eigenvalue weighted by molar-refractivity contribution is 5.71. The van der Waals surface area contributed by atoms with Gasteiger partial charge >= 0.3 is 17.9 Å². The summed E-state index contributed by atoms with van der Waals surface area (Å²) in [4.78, 5) is 37.8. The second-order valence-corrected chi connectivity index (χ2v) is 18.1. The quantitative estimate of drug-likeness (QED) is 0.0347. The van der Waals surface area contributed by atoms with Gasteiger partial charge in [-0.25, -0.2) is 0 Å². The standard InChI is InChI=1S/C50H96O6/c1-6-7-8-9-10-11-15-19-25-30-35-40-48(51)54-43-47(56-50(53)42-37-32-27-22-21-24-29-34-39-46(4)5)44-55-49(52)41-36-31-26-20-17-14-12-13-16-18-23-28-33-38-45(2)3/h45-47H,6-44H2,1-5H3/t47-/m0/s1. The fourth-order valence-corrected chi connectivity index (χ4v) is 7.46. The summed E-state index contributed by atoms with van der Waals surface area (Å²) in [5.74, 6) is 0.779. The van der Waals surface area contributed by atoms with Gasteiger partial charge in [-0.1, -0.05) is 234 Å². The first-order valence-corrected chi connectivity index (χ1v) is 24.7. The van der Waals surface area contributed by atoms with Crippen LogP contribution in [-0.2, 0) is 28.6 Å². The lowest BCUT2D eigenvalue weighted by Crippen LogP contribution is -2.30. The molecular weight excluding hydrogens is 697 g/mol. The van der Waals surface area contributed by atoms with Crippen molar-refractivity contribution < 1.29 is 28.6 Å². The number of carbonyl (C=O) groups is 3. The summed E-state index contributed by atoms with van der Waals surface area (Å²) in [6.45, 7) is 11.3. The van der Waals surface area contributed by atoms with Gasteiger partial charge in [-0.05, 0) is 31.1 Å². The second kappa shape index (κ2) is 43.0. The van der Waals surface area contributed by atoms with Gasteiger partial charge in [0.25, 0.3) is 0 Å². The van der Waals surface area contributed by atoms with Gasteiger partial charge in [-0.15, -0.1) is 0 Å². The Kier molecular flexibility index (Phi) is 41.8. The molecule has 0 saturated heterocycles. The molecule has 0 aromatic rings. The maximum atomic E-state index is 12.7. The molecule has 0 aliphatic rings. The molecule has 0 rings (SSSR count). The molecule has 0 aromatic carbocycles. The van der Waals surface area contributed by atoms with Crippen molar-refractivity contribution in [1.29, 1.82) is 0 Å². The first-order valence-electron chi connectivity index (χ1n) is 24.7. The van der Waals surface area contributed by atoms with E-state index >= 15 is 0 Å². The predicted octanol–water partition coefficient (Wildman–Crippen LogP) is 15.8. The molecule has 0 aromatic heterocycles. The maximum absolute atomic E-state index is 12.7. The molecule has 0 saturated carbocycles. The lowest BCUT2D eigenvalue weighted by Gasteiger charge is -2.18. The highest BCUT2D eigenvalue weighted by atomic mass is 16.6. The largest absolute Gasteiger partial charge is 0.462 e. The van der Waals surface area contributed by atoms with E-state index < -0.39 is 6.10 Å². The lowest BCUT2D eigenvalue weighted by atomic mass is 10.0. The van der Waals surface area contributed by atoms with E-state index in [4.69, 9.17) is 14.2 Å². The molecule has 0 fully saturated rings. The summed E-state index contributed by atoms with van der Waals surface area (Å²) >= 11 is 0. The number of hydrogen-bond donors (Lipinski definition) is 0. The normalized spacial score (nSPS) is 12.1. The number of hydrogen-bond acceptors (Lipinski definition) is 6. The van der Waals surface area contributed by atoms with Crippen molar-refractivity contribution in [2.24, 2.45) is 11.8 Å². The maximum Gasteiger partial charge on any atom is 0.306 e. The smallest absolute Gasteiger partial charge is 0.306 e. The first kappa shape index (κ1) is 54.4.